The van der Waals surface area contributed by atoms with E-state index in [1.165, 1.54) is 5.57 Å². The molecule has 0 radical (unpaired) electrons. The third-order valence-corrected chi connectivity index (χ3v) is 8.58. The van der Waals surface area contributed by atoms with E-state index in [2.05, 4.69) is 32.9 Å². The van der Waals surface area contributed by atoms with Gasteiger partial charge in [-0.2, -0.15) is 0 Å². The Labute approximate surface area is 174 Å². The fourth-order valence-electron chi connectivity index (χ4n) is 7.01. The lowest BCUT2D eigenvalue weighted by molar-refractivity contribution is -0.118. The molecule has 0 amide bonds. The predicted molar refractivity (Wildman–Crippen MR) is 113 cm³/mol. The highest BCUT2D eigenvalue weighted by atomic mass is 16.5. The van der Waals surface area contributed by atoms with Crippen LogP contribution in [-0.4, -0.2) is 40.9 Å². The van der Waals surface area contributed by atoms with Crippen LogP contribution in [0.15, 0.2) is 34.9 Å². The number of ketones is 1. The second kappa shape index (κ2) is 7.47. The van der Waals surface area contributed by atoms with Crippen LogP contribution in [0.2, 0.25) is 0 Å². The quantitative estimate of drug-likeness (QED) is 0.703. The number of hydrogen-bond donors (Lipinski definition) is 2. The van der Waals surface area contributed by atoms with Crippen molar-refractivity contribution in [2.45, 2.75) is 71.5 Å². The highest BCUT2D eigenvalue weighted by molar-refractivity contribution is 5.97. The van der Waals surface area contributed by atoms with Crippen LogP contribution in [-0.2, 0) is 9.53 Å². The second-order valence-electron chi connectivity index (χ2n) is 10.4. The van der Waals surface area contributed by atoms with Crippen molar-refractivity contribution in [3.63, 3.8) is 0 Å². The summed E-state index contributed by atoms with van der Waals surface area (Å²) in [6.45, 7) is 8.78. The molecule has 0 aromatic carbocycles. The molecule has 160 valence electrons. The average Bonchev–Trinajstić information content (AvgIpc) is 3.22. The van der Waals surface area contributed by atoms with Crippen molar-refractivity contribution >= 4 is 5.78 Å². The fraction of sp³-hybridized carbons (Fsp3) is 0.720. The van der Waals surface area contributed by atoms with E-state index in [9.17, 15) is 15.0 Å². The van der Waals surface area contributed by atoms with Crippen LogP contribution < -0.4 is 0 Å². The summed E-state index contributed by atoms with van der Waals surface area (Å²) < 4.78 is 6.79. The van der Waals surface area contributed by atoms with Gasteiger partial charge in [-0.05, 0) is 86.3 Å². The highest BCUT2D eigenvalue weighted by Crippen LogP contribution is 2.63. The van der Waals surface area contributed by atoms with E-state index >= 15 is 0 Å². The van der Waals surface area contributed by atoms with Crippen LogP contribution >= 0.6 is 0 Å². The van der Waals surface area contributed by atoms with Crippen LogP contribution in [0.3, 0.4) is 0 Å². The molecule has 1 saturated carbocycles. The molecule has 0 aromatic heterocycles. The maximum absolute atomic E-state index is 12.6. The monoisotopic (exact) mass is 400 g/mol. The number of carbonyl (C=O) groups is 1. The standard InChI is InChI=1S/C25H36O4/c1-15(13-26)9-19-11-17(3)25(29-19)8-7-24(4)12-20-16(2)10-21(28)23(20)18(14-27)5-6-22(24)25/h5,9-10,17,19-20,22-23,26-27H,6-8,11-14H2,1-4H3/b15-9-,18-5-/t17-,19-,20+,22+,23-,24+,25-/m0/s1. The van der Waals surface area contributed by atoms with E-state index in [0.29, 0.717) is 11.8 Å². The smallest absolute Gasteiger partial charge is 0.163 e. The van der Waals surface area contributed by atoms with Gasteiger partial charge in [0.15, 0.2) is 5.78 Å². The number of rotatable bonds is 3. The summed E-state index contributed by atoms with van der Waals surface area (Å²) in [5, 5.41) is 19.5. The maximum atomic E-state index is 12.6. The summed E-state index contributed by atoms with van der Waals surface area (Å²) in [5.74, 6) is 1.03. The molecule has 0 bridgehead atoms. The molecule has 0 unspecified atom stereocenters. The summed E-state index contributed by atoms with van der Waals surface area (Å²) in [6.07, 6.45) is 11.1. The molecule has 1 saturated heterocycles. The van der Waals surface area contributed by atoms with Gasteiger partial charge in [-0.25, -0.2) is 0 Å². The molecule has 2 N–H and O–H groups in total. The number of ether oxygens (including phenoxy) is 1. The van der Waals surface area contributed by atoms with Gasteiger partial charge in [0, 0.05) is 0 Å². The molecule has 7 atom stereocenters. The van der Waals surface area contributed by atoms with Crippen LogP contribution in [0.5, 0.6) is 0 Å². The Morgan fingerprint density at radius 1 is 1.34 bits per heavy atom. The third kappa shape index (κ3) is 3.28. The van der Waals surface area contributed by atoms with Crippen LogP contribution in [0.1, 0.15) is 59.8 Å². The first kappa shape index (κ1) is 21.0. The van der Waals surface area contributed by atoms with Crippen molar-refractivity contribution in [3.8, 4) is 0 Å². The molecule has 4 aliphatic rings. The fourth-order valence-corrected chi connectivity index (χ4v) is 7.01. The minimum absolute atomic E-state index is 0.0398. The van der Waals surface area contributed by atoms with Gasteiger partial charge in [-0.15, -0.1) is 0 Å². The molecule has 1 heterocycles. The van der Waals surface area contributed by atoms with Gasteiger partial charge < -0.3 is 14.9 Å². The van der Waals surface area contributed by atoms with Gasteiger partial charge in [0.2, 0.25) is 0 Å². The lowest BCUT2D eigenvalue weighted by Crippen LogP contribution is -2.44. The topological polar surface area (TPSA) is 66.8 Å². The molecular weight excluding hydrogens is 364 g/mol. The molecule has 29 heavy (non-hydrogen) atoms. The summed E-state index contributed by atoms with van der Waals surface area (Å²) >= 11 is 0. The van der Waals surface area contributed by atoms with Gasteiger partial charge in [0.05, 0.1) is 30.8 Å². The van der Waals surface area contributed by atoms with Crippen molar-refractivity contribution in [3.05, 3.63) is 34.9 Å². The summed E-state index contributed by atoms with van der Waals surface area (Å²) in [4.78, 5) is 12.6. The minimum Gasteiger partial charge on any atom is -0.392 e. The van der Waals surface area contributed by atoms with Crippen molar-refractivity contribution in [1.29, 1.82) is 0 Å². The van der Waals surface area contributed by atoms with Crippen molar-refractivity contribution in [2.24, 2.45) is 29.1 Å². The molecule has 1 spiro atoms. The molecular formula is C25H36O4. The van der Waals surface area contributed by atoms with Crippen LogP contribution in [0.25, 0.3) is 0 Å². The van der Waals surface area contributed by atoms with E-state index < -0.39 is 0 Å². The van der Waals surface area contributed by atoms with Gasteiger partial charge in [0.25, 0.3) is 0 Å². The summed E-state index contributed by atoms with van der Waals surface area (Å²) in [7, 11) is 0. The zero-order valence-electron chi connectivity index (χ0n) is 18.3. The molecule has 1 aliphatic heterocycles. The Balaban J connectivity index is 1.69. The van der Waals surface area contributed by atoms with Gasteiger partial charge in [-0.3, -0.25) is 4.79 Å². The second-order valence-corrected chi connectivity index (χ2v) is 10.4. The van der Waals surface area contributed by atoms with E-state index in [1.54, 1.807) is 6.08 Å². The van der Waals surface area contributed by atoms with Gasteiger partial charge >= 0.3 is 0 Å². The molecule has 4 heteroatoms. The van der Waals surface area contributed by atoms with E-state index in [-0.39, 0.29) is 48.0 Å². The average molecular weight is 401 g/mol. The lowest BCUT2D eigenvalue weighted by atomic mass is 9.62. The third-order valence-electron chi connectivity index (χ3n) is 8.58. The molecule has 4 rings (SSSR count). The van der Waals surface area contributed by atoms with Gasteiger partial charge in [-0.1, -0.05) is 31.6 Å². The highest BCUT2D eigenvalue weighted by Gasteiger charge is 2.61. The maximum Gasteiger partial charge on any atom is 0.163 e. The van der Waals surface area contributed by atoms with Crippen LogP contribution in [0, 0.1) is 29.1 Å². The van der Waals surface area contributed by atoms with Crippen molar-refractivity contribution in [2.75, 3.05) is 13.2 Å². The van der Waals surface area contributed by atoms with E-state index in [4.69, 9.17) is 4.74 Å². The first-order valence-corrected chi connectivity index (χ1v) is 11.2. The van der Waals surface area contributed by atoms with Crippen molar-refractivity contribution in [1.82, 2.24) is 0 Å². The van der Waals surface area contributed by atoms with E-state index in [1.807, 2.05) is 6.92 Å². The Morgan fingerprint density at radius 2 is 2.10 bits per heavy atom. The zero-order chi connectivity index (χ0) is 21.0. The zero-order valence-corrected chi connectivity index (χ0v) is 18.3. The number of carbonyl (C=O) groups excluding carboxylic acids is 1. The molecule has 0 aromatic rings. The largest absolute Gasteiger partial charge is 0.392 e. The number of hydrogen-bond acceptors (Lipinski definition) is 4. The number of aliphatic hydroxyl groups excluding tert-OH is 2. The van der Waals surface area contributed by atoms with Crippen LogP contribution in [0.4, 0.5) is 0 Å². The predicted octanol–water partition coefficient (Wildman–Crippen LogP) is 3.98. The first-order valence-electron chi connectivity index (χ1n) is 11.2. The number of fused-ring (bicyclic) bond motifs is 3. The van der Waals surface area contributed by atoms with Crippen molar-refractivity contribution < 1.29 is 19.7 Å². The SMILES string of the molecule is CC1=CC(=O)[C@H]2/C(CO)=C\C[C@@H]3[C@](C)(CC[C@@]34O[C@@H](/C=C(/C)CO)C[C@@H]4C)C[C@H]12. The summed E-state index contributed by atoms with van der Waals surface area (Å²) in [5.41, 5.74) is 3.00. The normalized spacial score (nSPS) is 46.8. The number of allylic oxidation sites excluding steroid dienone is 3. The Kier molecular flexibility index (Phi) is 5.42. The Morgan fingerprint density at radius 3 is 2.79 bits per heavy atom. The molecule has 2 fully saturated rings. The lowest BCUT2D eigenvalue weighted by Gasteiger charge is -2.44. The number of aliphatic hydroxyl groups is 2. The molecule has 4 nitrogen and oxygen atoms in total. The summed E-state index contributed by atoms with van der Waals surface area (Å²) in [6, 6.07) is 0. The Hall–Kier alpha value is -1.23. The van der Waals surface area contributed by atoms with E-state index in [0.717, 1.165) is 43.3 Å². The first-order chi connectivity index (χ1) is 13.7. The van der Waals surface area contributed by atoms with Gasteiger partial charge in [0.1, 0.15) is 0 Å². The molecule has 3 aliphatic carbocycles. The Bertz CT molecular complexity index is 778. The minimum atomic E-state index is -0.167.